The number of carbonyl (C=O) groups excluding carboxylic acids is 1. The first-order valence-electron chi connectivity index (χ1n) is 4.10. The molecule has 2 atom stereocenters. The van der Waals surface area contributed by atoms with Crippen LogP contribution in [-0.2, 0) is 4.74 Å². The van der Waals surface area contributed by atoms with Crippen LogP contribution in [0, 0.1) is 11.8 Å². The quantitative estimate of drug-likeness (QED) is 0.569. The van der Waals surface area contributed by atoms with Gasteiger partial charge in [-0.1, -0.05) is 13.8 Å². The highest BCUT2D eigenvalue weighted by Crippen LogP contribution is 2.45. The maximum Gasteiger partial charge on any atom is 0.407 e. The van der Waals surface area contributed by atoms with E-state index in [0.29, 0.717) is 18.4 Å². The van der Waals surface area contributed by atoms with Gasteiger partial charge in [0.1, 0.15) is 6.61 Å². The molecule has 0 bridgehead atoms. The number of alkyl carbamates (subject to hydrolysis) is 1. The Bertz CT molecular complexity index is 194. The van der Waals surface area contributed by atoms with E-state index in [1.54, 1.807) is 0 Å². The van der Waals surface area contributed by atoms with E-state index < -0.39 is 0 Å². The highest BCUT2D eigenvalue weighted by molar-refractivity contribution is 5.71. The summed E-state index contributed by atoms with van der Waals surface area (Å²) in [6, 6.07) is 0. The van der Waals surface area contributed by atoms with E-state index in [-0.39, 0.29) is 11.6 Å². The van der Waals surface area contributed by atoms with Crippen LogP contribution in [-0.4, -0.2) is 18.2 Å². The van der Waals surface area contributed by atoms with Crippen molar-refractivity contribution >= 4 is 6.09 Å². The fourth-order valence-corrected chi connectivity index (χ4v) is 2.25. The number of hydrogen-bond donors (Lipinski definition) is 1. The lowest BCUT2D eigenvalue weighted by molar-refractivity contribution is 0.0283. The number of nitrogens with one attached hydrogen (secondary N) is 1. The Balaban J connectivity index is 2.16. The second kappa shape index (κ2) is 1.90. The summed E-state index contributed by atoms with van der Waals surface area (Å²) in [4.78, 5) is 10.8. The van der Waals surface area contributed by atoms with Crippen molar-refractivity contribution in [1.82, 2.24) is 5.32 Å². The summed E-state index contributed by atoms with van der Waals surface area (Å²) in [5, 5.41) is 2.91. The van der Waals surface area contributed by atoms with Gasteiger partial charge in [0.25, 0.3) is 0 Å². The second-order valence-electron chi connectivity index (χ2n) is 3.78. The average Bonchev–Trinajstić information content (AvgIpc) is 2.35. The molecule has 3 heteroatoms. The number of hydrogen-bond acceptors (Lipinski definition) is 2. The Morgan fingerprint density at radius 2 is 2.18 bits per heavy atom. The number of rotatable bonds is 0. The predicted molar refractivity (Wildman–Crippen MR) is 40.2 cm³/mol. The van der Waals surface area contributed by atoms with Crippen molar-refractivity contribution in [3.05, 3.63) is 0 Å². The van der Waals surface area contributed by atoms with Crippen molar-refractivity contribution in [3.63, 3.8) is 0 Å². The van der Waals surface area contributed by atoms with Gasteiger partial charge in [-0.15, -0.1) is 0 Å². The van der Waals surface area contributed by atoms with Gasteiger partial charge in [0.05, 0.1) is 5.54 Å². The van der Waals surface area contributed by atoms with E-state index in [9.17, 15) is 4.79 Å². The zero-order chi connectivity index (χ0) is 8.06. The van der Waals surface area contributed by atoms with Crippen LogP contribution in [0.15, 0.2) is 0 Å². The van der Waals surface area contributed by atoms with Crippen molar-refractivity contribution in [3.8, 4) is 0 Å². The monoisotopic (exact) mass is 155 g/mol. The summed E-state index contributed by atoms with van der Waals surface area (Å²) in [5.41, 5.74) is -0.0168. The molecule has 0 radical (unpaired) electrons. The van der Waals surface area contributed by atoms with Crippen LogP contribution >= 0.6 is 0 Å². The molecule has 2 unspecified atom stereocenters. The molecule has 2 rings (SSSR count). The highest BCUT2D eigenvalue weighted by atomic mass is 16.6. The van der Waals surface area contributed by atoms with Gasteiger partial charge in [-0.05, 0) is 18.3 Å². The summed E-state index contributed by atoms with van der Waals surface area (Å²) in [7, 11) is 0. The average molecular weight is 155 g/mol. The normalized spacial score (nSPS) is 48.4. The van der Waals surface area contributed by atoms with E-state index in [1.807, 2.05) is 0 Å². The van der Waals surface area contributed by atoms with Crippen LogP contribution < -0.4 is 5.32 Å². The smallest absolute Gasteiger partial charge is 0.407 e. The highest BCUT2D eigenvalue weighted by Gasteiger charge is 2.55. The third kappa shape index (κ3) is 0.710. The summed E-state index contributed by atoms with van der Waals surface area (Å²) in [6.07, 6.45) is 0.951. The lowest BCUT2D eigenvalue weighted by Gasteiger charge is -2.49. The molecule has 2 aliphatic rings. The lowest BCUT2D eigenvalue weighted by Crippen LogP contribution is -2.62. The van der Waals surface area contributed by atoms with Gasteiger partial charge in [-0.25, -0.2) is 4.79 Å². The maximum atomic E-state index is 10.8. The van der Waals surface area contributed by atoms with E-state index in [1.165, 1.54) is 6.42 Å². The summed E-state index contributed by atoms with van der Waals surface area (Å²) >= 11 is 0. The molecule has 1 N–H and O–H groups in total. The van der Waals surface area contributed by atoms with Gasteiger partial charge in [0.2, 0.25) is 0 Å². The molecule has 1 aliphatic carbocycles. The number of amides is 1. The van der Waals surface area contributed by atoms with Gasteiger partial charge in [0.15, 0.2) is 0 Å². The van der Waals surface area contributed by atoms with Crippen LogP contribution in [0.2, 0.25) is 0 Å². The molecule has 1 saturated heterocycles. The van der Waals surface area contributed by atoms with Crippen molar-refractivity contribution in [2.75, 3.05) is 6.61 Å². The molecule has 0 aromatic rings. The second-order valence-corrected chi connectivity index (χ2v) is 3.78. The zero-order valence-electron chi connectivity index (χ0n) is 6.89. The fraction of sp³-hybridized carbons (Fsp3) is 0.875. The summed E-state index contributed by atoms with van der Waals surface area (Å²) in [6.45, 7) is 4.89. The van der Waals surface area contributed by atoms with E-state index in [2.05, 4.69) is 19.2 Å². The zero-order valence-corrected chi connectivity index (χ0v) is 6.89. The van der Waals surface area contributed by atoms with E-state index in [0.717, 1.165) is 0 Å². The molecule has 1 aliphatic heterocycles. The van der Waals surface area contributed by atoms with E-state index in [4.69, 9.17) is 4.74 Å². The Labute approximate surface area is 66.1 Å². The molecular formula is C8H13NO2. The topological polar surface area (TPSA) is 38.3 Å². The Kier molecular flexibility index (Phi) is 1.20. The van der Waals surface area contributed by atoms with Crippen molar-refractivity contribution in [1.29, 1.82) is 0 Å². The molecule has 62 valence electrons. The predicted octanol–water partition coefficient (Wildman–Crippen LogP) is 1.14. The Morgan fingerprint density at radius 3 is 2.45 bits per heavy atom. The molecule has 2 fully saturated rings. The van der Waals surface area contributed by atoms with Crippen molar-refractivity contribution in [2.45, 2.75) is 25.8 Å². The van der Waals surface area contributed by atoms with Crippen LogP contribution in [0.5, 0.6) is 0 Å². The Hall–Kier alpha value is -0.730. The SMILES string of the molecule is CC1CC(C)C12COC(=O)N2. The minimum atomic E-state index is -0.247. The number of ether oxygens (including phenoxy) is 1. The van der Waals surface area contributed by atoms with Crippen molar-refractivity contribution in [2.24, 2.45) is 11.8 Å². The van der Waals surface area contributed by atoms with Gasteiger partial charge < -0.3 is 10.1 Å². The molecule has 0 aromatic heterocycles. The first-order chi connectivity index (χ1) is 5.15. The molecule has 11 heavy (non-hydrogen) atoms. The molecule has 1 spiro atoms. The lowest BCUT2D eigenvalue weighted by atomic mass is 9.61. The summed E-state index contributed by atoms with van der Waals surface area (Å²) < 4.78 is 4.90. The van der Waals surface area contributed by atoms with E-state index >= 15 is 0 Å². The van der Waals surface area contributed by atoms with Crippen LogP contribution in [0.4, 0.5) is 4.79 Å². The van der Waals surface area contributed by atoms with Gasteiger partial charge in [-0.3, -0.25) is 0 Å². The first-order valence-corrected chi connectivity index (χ1v) is 4.10. The van der Waals surface area contributed by atoms with Gasteiger partial charge in [-0.2, -0.15) is 0 Å². The Morgan fingerprint density at radius 1 is 1.55 bits per heavy atom. The van der Waals surface area contributed by atoms with Crippen LogP contribution in [0.1, 0.15) is 20.3 Å². The van der Waals surface area contributed by atoms with Crippen LogP contribution in [0.25, 0.3) is 0 Å². The molecule has 3 nitrogen and oxygen atoms in total. The fourth-order valence-electron chi connectivity index (χ4n) is 2.25. The minimum absolute atomic E-state index is 0.0168. The van der Waals surface area contributed by atoms with Gasteiger partial charge in [0, 0.05) is 0 Å². The number of cyclic esters (lactones) is 1. The standard InChI is InChI=1S/C8H13NO2/c1-5-3-6(2)8(5)4-11-7(10)9-8/h5-6H,3-4H2,1-2H3,(H,9,10). The third-order valence-electron chi connectivity index (χ3n) is 3.24. The largest absolute Gasteiger partial charge is 0.447 e. The molecular weight excluding hydrogens is 142 g/mol. The minimum Gasteiger partial charge on any atom is -0.447 e. The number of carbonyl (C=O) groups is 1. The van der Waals surface area contributed by atoms with Crippen LogP contribution in [0.3, 0.4) is 0 Å². The maximum absolute atomic E-state index is 10.8. The molecule has 0 aromatic carbocycles. The summed E-state index contributed by atoms with van der Waals surface area (Å²) in [5.74, 6) is 1.15. The molecule has 1 amide bonds. The van der Waals surface area contributed by atoms with Crippen molar-refractivity contribution < 1.29 is 9.53 Å². The molecule has 1 saturated carbocycles. The molecule has 1 heterocycles. The first kappa shape index (κ1) is 6.95. The van der Waals surface area contributed by atoms with Gasteiger partial charge >= 0.3 is 6.09 Å². The third-order valence-corrected chi connectivity index (χ3v) is 3.24.